The van der Waals surface area contributed by atoms with Gasteiger partial charge in [-0.15, -0.1) is 0 Å². The number of hydrogen-bond donors (Lipinski definition) is 0. The summed E-state index contributed by atoms with van der Waals surface area (Å²) in [6.45, 7) is 5.23. The average Bonchev–Trinajstić information content (AvgIpc) is 1.84. The Morgan fingerprint density at radius 1 is 1.73 bits per heavy atom. The van der Waals surface area contributed by atoms with Crippen LogP contribution in [0.1, 0.15) is 20.8 Å². The van der Waals surface area contributed by atoms with Crippen LogP contribution in [0.25, 0.3) is 0 Å². The van der Waals surface area contributed by atoms with Crippen LogP contribution < -0.4 is 0 Å². The van der Waals surface area contributed by atoms with Gasteiger partial charge < -0.3 is 4.74 Å². The highest BCUT2D eigenvalue weighted by molar-refractivity contribution is 7.78. The van der Waals surface area contributed by atoms with Crippen molar-refractivity contribution in [3.05, 3.63) is 0 Å². The molecule has 0 aromatic carbocycles. The quantitative estimate of drug-likeness (QED) is 0.368. The fourth-order valence-electron chi connectivity index (χ4n) is 0.434. The lowest BCUT2D eigenvalue weighted by Gasteiger charge is -2.16. The number of carbonyl (C=O) groups is 1. The fourth-order valence-corrected chi connectivity index (χ4v) is 0.681. The zero-order valence-corrected chi connectivity index (χ0v) is 7.70. The molecule has 0 rings (SSSR count). The topological polar surface area (TPSA) is 38.7 Å². The lowest BCUT2D eigenvalue weighted by Crippen LogP contribution is -2.25. The lowest BCUT2D eigenvalue weighted by molar-refractivity contribution is -0.142. The molecule has 3 nitrogen and oxygen atoms in total. The number of hydrogen-bond acceptors (Lipinski definition) is 4. The van der Waals surface area contributed by atoms with Crippen LogP contribution in [0.2, 0.25) is 0 Å². The SMILES string of the molecule is CC(=O)OCC(C)(C)N=C=S. The van der Waals surface area contributed by atoms with E-state index in [-0.39, 0.29) is 12.6 Å². The van der Waals surface area contributed by atoms with Crippen molar-refractivity contribution in [3.63, 3.8) is 0 Å². The minimum atomic E-state index is -0.451. The third-order valence-corrected chi connectivity index (χ3v) is 1.07. The van der Waals surface area contributed by atoms with E-state index in [1.165, 1.54) is 6.92 Å². The number of thiocarbonyl (C=S) groups is 1. The summed E-state index contributed by atoms with van der Waals surface area (Å²) in [5.41, 5.74) is -0.451. The van der Waals surface area contributed by atoms with Gasteiger partial charge in [-0.2, -0.15) is 0 Å². The highest BCUT2D eigenvalue weighted by Gasteiger charge is 2.16. The minimum absolute atomic E-state index is 0.242. The van der Waals surface area contributed by atoms with Gasteiger partial charge in [0.05, 0.1) is 10.7 Å². The monoisotopic (exact) mass is 173 g/mol. The molecule has 4 heteroatoms. The lowest BCUT2D eigenvalue weighted by atomic mass is 10.1. The van der Waals surface area contributed by atoms with E-state index >= 15 is 0 Å². The summed E-state index contributed by atoms with van der Waals surface area (Å²) in [5, 5.41) is 2.25. The van der Waals surface area contributed by atoms with Gasteiger partial charge in [-0.05, 0) is 26.1 Å². The molecule has 11 heavy (non-hydrogen) atoms. The number of ether oxygens (including phenoxy) is 1. The van der Waals surface area contributed by atoms with Crippen LogP contribution in [0.3, 0.4) is 0 Å². The van der Waals surface area contributed by atoms with Crippen molar-refractivity contribution >= 4 is 23.3 Å². The van der Waals surface area contributed by atoms with E-state index in [9.17, 15) is 4.79 Å². The number of esters is 1. The van der Waals surface area contributed by atoms with Crippen LogP contribution in [0.15, 0.2) is 4.99 Å². The van der Waals surface area contributed by atoms with E-state index in [0.717, 1.165) is 0 Å². The van der Waals surface area contributed by atoms with Gasteiger partial charge in [0.2, 0.25) is 0 Å². The minimum Gasteiger partial charge on any atom is -0.463 e. The predicted octanol–water partition coefficient (Wildman–Crippen LogP) is 1.43. The first-order valence-corrected chi connectivity index (χ1v) is 3.61. The zero-order chi connectivity index (χ0) is 8.91. The Bertz CT molecular complexity index is 195. The number of rotatable bonds is 3. The Morgan fingerprint density at radius 3 is 2.64 bits per heavy atom. The first kappa shape index (κ1) is 10.3. The number of aliphatic imine (C=N–C) groups is 1. The van der Waals surface area contributed by atoms with E-state index in [0.29, 0.717) is 0 Å². The van der Waals surface area contributed by atoms with E-state index in [1.54, 1.807) is 0 Å². The third-order valence-electron chi connectivity index (χ3n) is 0.977. The highest BCUT2D eigenvalue weighted by atomic mass is 32.1. The molecule has 0 saturated carbocycles. The van der Waals surface area contributed by atoms with Crippen molar-refractivity contribution in [2.75, 3.05) is 6.61 Å². The molecule has 0 unspecified atom stereocenters. The van der Waals surface area contributed by atoms with Crippen molar-refractivity contribution in [1.29, 1.82) is 0 Å². The average molecular weight is 173 g/mol. The summed E-state index contributed by atoms with van der Waals surface area (Å²) in [7, 11) is 0. The zero-order valence-electron chi connectivity index (χ0n) is 6.88. The van der Waals surface area contributed by atoms with Gasteiger partial charge in [-0.1, -0.05) is 0 Å². The van der Waals surface area contributed by atoms with E-state index in [2.05, 4.69) is 22.4 Å². The Kier molecular flexibility index (Phi) is 3.93. The van der Waals surface area contributed by atoms with Gasteiger partial charge in [0.1, 0.15) is 6.61 Å². The van der Waals surface area contributed by atoms with Crippen molar-refractivity contribution in [1.82, 2.24) is 0 Å². The Morgan fingerprint density at radius 2 is 2.27 bits per heavy atom. The summed E-state index contributed by atoms with van der Waals surface area (Å²) in [4.78, 5) is 14.2. The second-order valence-corrected chi connectivity index (χ2v) is 2.98. The largest absolute Gasteiger partial charge is 0.463 e. The summed E-state index contributed by atoms with van der Waals surface area (Å²) in [5.74, 6) is -0.308. The van der Waals surface area contributed by atoms with Gasteiger partial charge in [-0.25, -0.2) is 4.99 Å². The summed E-state index contributed by atoms with van der Waals surface area (Å²) in [6.07, 6.45) is 0. The molecule has 0 saturated heterocycles. The summed E-state index contributed by atoms with van der Waals surface area (Å²) >= 11 is 4.42. The Balaban J connectivity index is 3.91. The molecule has 0 bridgehead atoms. The van der Waals surface area contributed by atoms with Crippen molar-refractivity contribution in [2.45, 2.75) is 26.3 Å². The molecule has 0 aromatic rings. The molecule has 0 aliphatic carbocycles. The smallest absolute Gasteiger partial charge is 0.302 e. The van der Waals surface area contributed by atoms with Crippen LogP contribution in [-0.4, -0.2) is 23.3 Å². The highest BCUT2D eigenvalue weighted by Crippen LogP contribution is 2.07. The van der Waals surface area contributed by atoms with Crippen LogP contribution in [-0.2, 0) is 9.53 Å². The van der Waals surface area contributed by atoms with Gasteiger partial charge in [-0.3, -0.25) is 4.79 Å². The molecule has 0 aliphatic heterocycles. The standard InChI is InChI=1S/C7H11NO2S/c1-6(9)10-4-7(2,3)8-5-11/h4H2,1-3H3. The van der Waals surface area contributed by atoms with Crippen LogP contribution in [0.4, 0.5) is 0 Å². The summed E-state index contributed by atoms with van der Waals surface area (Å²) in [6, 6.07) is 0. The maximum Gasteiger partial charge on any atom is 0.302 e. The van der Waals surface area contributed by atoms with Gasteiger partial charge >= 0.3 is 5.97 Å². The molecule has 0 amide bonds. The van der Waals surface area contributed by atoms with Crippen LogP contribution in [0.5, 0.6) is 0 Å². The van der Waals surface area contributed by atoms with Gasteiger partial charge in [0, 0.05) is 6.92 Å². The normalized spacial score (nSPS) is 10.1. The summed E-state index contributed by atoms with van der Waals surface area (Å²) < 4.78 is 4.74. The van der Waals surface area contributed by atoms with Crippen molar-refractivity contribution < 1.29 is 9.53 Å². The second kappa shape index (κ2) is 4.21. The van der Waals surface area contributed by atoms with Gasteiger partial charge in [0.25, 0.3) is 0 Å². The first-order chi connectivity index (χ1) is 4.98. The molecule has 0 radical (unpaired) electrons. The molecule has 0 fully saturated rings. The fraction of sp³-hybridized carbons (Fsp3) is 0.714. The van der Waals surface area contributed by atoms with E-state index < -0.39 is 5.54 Å². The Hall–Kier alpha value is -0.730. The van der Waals surface area contributed by atoms with E-state index in [4.69, 9.17) is 4.74 Å². The molecule has 0 heterocycles. The van der Waals surface area contributed by atoms with E-state index in [1.807, 2.05) is 13.8 Å². The number of isothiocyanates is 1. The maximum atomic E-state index is 10.4. The van der Waals surface area contributed by atoms with Crippen molar-refractivity contribution in [2.24, 2.45) is 4.99 Å². The molecule has 0 aliphatic rings. The van der Waals surface area contributed by atoms with Crippen LogP contribution >= 0.6 is 12.2 Å². The first-order valence-electron chi connectivity index (χ1n) is 3.20. The van der Waals surface area contributed by atoms with Gasteiger partial charge in [0.15, 0.2) is 0 Å². The number of carbonyl (C=O) groups excluding carboxylic acids is 1. The second-order valence-electron chi connectivity index (χ2n) is 2.80. The molecule has 0 spiro atoms. The molecular weight excluding hydrogens is 162 g/mol. The molecular formula is C7H11NO2S. The molecule has 62 valence electrons. The third kappa shape index (κ3) is 5.70. The number of nitrogens with zero attached hydrogens (tertiary/aromatic N) is 1. The van der Waals surface area contributed by atoms with Crippen molar-refractivity contribution in [3.8, 4) is 0 Å². The molecule has 0 aromatic heterocycles. The van der Waals surface area contributed by atoms with Crippen LogP contribution in [0, 0.1) is 0 Å². The molecule has 0 N–H and O–H groups in total. The Labute approximate surface area is 71.5 Å². The maximum absolute atomic E-state index is 10.4. The predicted molar refractivity (Wildman–Crippen MR) is 45.7 cm³/mol. The molecule has 0 atom stereocenters.